The highest BCUT2D eigenvalue weighted by Crippen LogP contribution is 2.43. The van der Waals surface area contributed by atoms with Gasteiger partial charge in [-0.3, -0.25) is 4.99 Å². The molecule has 22 heavy (non-hydrogen) atoms. The third kappa shape index (κ3) is 4.47. The van der Waals surface area contributed by atoms with Gasteiger partial charge < -0.3 is 10.6 Å². The highest BCUT2D eigenvalue weighted by atomic mass is 32.2. The van der Waals surface area contributed by atoms with E-state index in [2.05, 4.69) is 39.9 Å². The largest absolute Gasteiger partial charge is 0.356 e. The number of hydrogen-bond donors (Lipinski definition) is 2. The molecule has 5 nitrogen and oxygen atoms in total. The molecule has 0 saturated heterocycles. The monoisotopic (exact) mass is 323 g/mol. The minimum Gasteiger partial charge on any atom is -0.356 e. The maximum Gasteiger partial charge on any atom is 0.191 e. The highest BCUT2D eigenvalue weighted by Gasteiger charge is 2.38. The van der Waals surface area contributed by atoms with Gasteiger partial charge in [-0.25, -0.2) is 8.42 Å². The smallest absolute Gasteiger partial charge is 0.191 e. The molecule has 0 atom stereocenters. The molecule has 6 heteroatoms. The number of nitrogens with zero attached hydrogens (tertiary/aromatic N) is 1. The molecule has 0 amide bonds. The summed E-state index contributed by atoms with van der Waals surface area (Å²) in [5.74, 6) is 0.767. The van der Waals surface area contributed by atoms with Gasteiger partial charge in [0.2, 0.25) is 0 Å². The Labute approximate surface area is 133 Å². The van der Waals surface area contributed by atoms with Gasteiger partial charge >= 0.3 is 0 Å². The van der Waals surface area contributed by atoms with Crippen LogP contribution in [0.25, 0.3) is 0 Å². The van der Waals surface area contributed by atoms with Crippen LogP contribution >= 0.6 is 0 Å². The van der Waals surface area contributed by atoms with E-state index in [1.54, 1.807) is 7.05 Å². The number of rotatable bonds is 6. The predicted molar refractivity (Wildman–Crippen MR) is 91.0 cm³/mol. The molecular formula is C16H25N3O2S. The Kier molecular flexibility index (Phi) is 5.45. The Bertz CT molecular complexity index is 608. The number of sulfone groups is 1. The molecule has 1 aliphatic carbocycles. The predicted octanol–water partition coefficient (Wildman–Crippen LogP) is 1.32. The van der Waals surface area contributed by atoms with E-state index in [0.717, 1.165) is 6.54 Å². The van der Waals surface area contributed by atoms with Crippen LogP contribution in [0.3, 0.4) is 0 Å². The van der Waals surface area contributed by atoms with Gasteiger partial charge in [-0.05, 0) is 18.4 Å². The number of benzene rings is 1. The Morgan fingerprint density at radius 1 is 1.23 bits per heavy atom. The number of guanidine groups is 1. The maximum atomic E-state index is 11.2. The minimum absolute atomic E-state index is 0.109. The maximum absolute atomic E-state index is 11.2. The van der Waals surface area contributed by atoms with E-state index in [1.807, 2.05) is 6.07 Å². The molecule has 0 unspecified atom stereocenters. The first-order valence-corrected chi connectivity index (χ1v) is 9.69. The Hall–Kier alpha value is -1.56. The second-order valence-electron chi connectivity index (χ2n) is 5.98. The third-order valence-corrected chi connectivity index (χ3v) is 5.23. The number of nitrogens with one attached hydrogen (secondary N) is 2. The van der Waals surface area contributed by atoms with Crippen LogP contribution < -0.4 is 10.6 Å². The van der Waals surface area contributed by atoms with E-state index in [0.29, 0.717) is 12.5 Å². The first kappa shape index (κ1) is 16.8. The van der Waals surface area contributed by atoms with Crippen LogP contribution in [0.5, 0.6) is 0 Å². The third-order valence-electron chi connectivity index (χ3n) is 4.28. The SMILES string of the molecule is CN=C(NCCS(C)(=O)=O)NCC1(c2ccccc2)CCC1. The van der Waals surface area contributed by atoms with Crippen molar-refractivity contribution in [2.24, 2.45) is 4.99 Å². The molecule has 0 spiro atoms. The zero-order valence-corrected chi connectivity index (χ0v) is 14.1. The van der Waals surface area contributed by atoms with Crippen molar-refractivity contribution in [3.8, 4) is 0 Å². The second-order valence-corrected chi connectivity index (χ2v) is 8.24. The van der Waals surface area contributed by atoms with Gasteiger partial charge in [-0.15, -0.1) is 0 Å². The topological polar surface area (TPSA) is 70.6 Å². The van der Waals surface area contributed by atoms with E-state index >= 15 is 0 Å². The minimum atomic E-state index is -2.95. The number of aliphatic imine (C=N–C) groups is 1. The zero-order chi connectivity index (χ0) is 16.1. The van der Waals surface area contributed by atoms with Crippen LogP contribution in [-0.4, -0.2) is 46.5 Å². The summed E-state index contributed by atoms with van der Waals surface area (Å²) in [5, 5.41) is 6.40. The van der Waals surface area contributed by atoms with Crippen LogP contribution in [0, 0.1) is 0 Å². The van der Waals surface area contributed by atoms with Crippen molar-refractivity contribution in [1.29, 1.82) is 0 Å². The van der Waals surface area contributed by atoms with E-state index < -0.39 is 9.84 Å². The lowest BCUT2D eigenvalue weighted by molar-refractivity contribution is 0.244. The lowest BCUT2D eigenvalue weighted by atomic mass is 9.64. The lowest BCUT2D eigenvalue weighted by Crippen LogP contribution is -2.49. The molecule has 122 valence electrons. The van der Waals surface area contributed by atoms with Gasteiger partial charge in [-0.1, -0.05) is 36.8 Å². The molecule has 0 aliphatic heterocycles. The first-order valence-electron chi connectivity index (χ1n) is 7.63. The molecule has 1 aliphatic rings. The summed E-state index contributed by atoms with van der Waals surface area (Å²) in [4.78, 5) is 4.16. The van der Waals surface area contributed by atoms with Crippen molar-refractivity contribution in [2.45, 2.75) is 24.7 Å². The molecular weight excluding hydrogens is 298 g/mol. The molecule has 1 aromatic carbocycles. The van der Waals surface area contributed by atoms with Crippen molar-refractivity contribution in [1.82, 2.24) is 10.6 Å². The molecule has 1 fully saturated rings. The van der Waals surface area contributed by atoms with Crippen LogP contribution in [0.2, 0.25) is 0 Å². The Morgan fingerprint density at radius 2 is 1.91 bits per heavy atom. The fraction of sp³-hybridized carbons (Fsp3) is 0.562. The molecule has 1 saturated carbocycles. The average molecular weight is 323 g/mol. The summed E-state index contributed by atoms with van der Waals surface area (Å²) in [6.45, 7) is 1.19. The summed E-state index contributed by atoms with van der Waals surface area (Å²) in [6.07, 6.45) is 4.83. The van der Waals surface area contributed by atoms with Crippen molar-refractivity contribution < 1.29 is 8.42 Å². The lowest BCUT2D eigenvalue weighted by Gasteiger charge is -2.43. The standard InChI is InChI=1S/C16H25N3O2S/c1-17-15(18-11-12-22(2,20)21)19-13-16(9-6-10-16)14-7-4-3-5-8-14/h3-5,7-8H,6,9-13H2,1-2H3,(H2,17,18,19). The summed E-state index contributed by atoms with van der Waals surface area (Å²) >= 11 is 0. The Balaban J connectivity index is 1.89. The first-order chi connectivity index (χ1) is 10.5. The summed E-state index contributed by atoms with van der Waals surface area (Å²) in [5.41, 5.74) is 1.54. The fourth-order valence-corrected chi connectivity index (χ4v) is 3.26. The number of hydrogen-bond acceptors (Lipinski definition) is 3. The van der Waals surface area contributed by atoms with Gasteiger partial charge in [0.25, 0.3) is 0 Å². The van der Waals surface area contributed by atoms with Crippen molar-refractivity contribution >= 4 is 15.8 Å². The van der Waals surface area contributed by atoms with Crippen molar-refractivity contribution in [3.63, 3.8) is 0 Å². The van der Waals surface area contributed by atoms with E-state index in [-0.39, 0.29) is 11.2 Å². The molecule has 0 aromatic heterocycles. The van der Waals surface area contributed by atoms with Gasteiger partial charge in [-0.2, -0.15) is 0 Å². The van der Waals surface area contributed by atoms with E-state index in [9.17, 15) is 8.42 Å². The second kappa shape index (κ2) is 7.13. The summed E-state index contributed by atoms with van der Waals surface area (Å²) < 4.78 is 22.3. The molecule has 0 bridgehead atoms. The molecule has 1 aromatic rings. The Morgan fingerprint density at radius 3 is 2.41 bits per heavy atom. The van der Waals surface area contributed by atoms with Gasteiger partial charge in [0.05, 0.1) is 5.75 Å². The zero-order valence-electron chi connectivity index (χ0n) is 13.3. The molecule has 0 heterocycles. The van der Waals surface area contributed by atoms with Gasteiger partial charge in [0.1, 0.15) is 9.84 Å². The van der Waals surface area contributed by atoms with Gasteiger partial charge in [0.15, 0.2) is 5.96 Å². The van der Waals surface area contributed by atoms with Gasteiger partial charge in [0, 0.05) is 31.8 Å². The fourth-order valence-electron chi connectivity index (χ4n) is 2.79. The molecule has 2 N–H and O–H groups in total. The van der Waals surface area contributed by atoms with Crippen molar-refractivity contribution in [3.05, 3.63) is 35.9 Å². The molecule has 0 radical (unpaired) electrons. The summed E-state index contributed by atoms with van der Waals surface area (Å²) in [7, 11) is -1.25. The van der Waals surface area contributed by atoms with Crippen LogP contribution in [0.1, 0.15) is 24.8 Å². The summed E-state index contributed by atoms with van der Waals surface area (Å²) in [6, 6.07) is 10.6. The van der Waals surface area contributed by atoms with Crippen LogP contribution in [0.15, 0.2) is 35.3 Å². The average Bonchev–Trinajstić information content (AvgIpc) is 2.44. The quantitative estimate of drug-likeness (QED) is 0.612. The van der Waals surface area contributed by atoms with E-state index in [4.69, 9.17) is 0 Å². The molecule has 2 rings (SSSR count). The van der Waals surface area contributed by atoms with Crippen LogP contribution in [0.4, 0.5) is 0 Å². The normalized spacial score (nSPS) is 17.6. The highest BCUT2D eigenvalue weighted by molar-refractivity contribution is 7.90. The van der Waals surface area contributed by atoms with E-state index in [1.165, 1.54) is 31.1 Å². The van der Waals surface area contributed by atoms with Crippen molar-refractivity contribution in [2.75, 3.05) is 32.1 Å². The van der Waals surface area contributed by atoms with Crippen LogP contribution in [-0.2, 0) is 15.3 Å².